The number of fused-ring (bicyclic) bond motifs is 1. The molecule has 0 unspecified atom stereocenters. The highest BCUT2D eigenvalue weighted by molar-refractivity contribution is 5.82. The van der Waals surface area contributed by atoms with Crippen LogP contribution in [0.4, 0.5) is 5.69 Å². The van der Waals surface area contributed by atoms with Gasteiger partial charge in [-0.15, -0.1) is 0 Å². The summed E-state index contributed by atoms with van der Waals surface area (Å²) in [5.41, 5.74) is 4.26. The topological polar surface area (TPSA) is 63.8 Å². The van der Waals surface area contributed by atoms with E-state index >= 15 is 0 Å². The first kappa shape index (κ1) is 13.4. The monoisotopic (exact) mass is 282 g/mol. The Balaban J connectivity index is 2.46. The first-order valence-electron chi connectivity index (χ1n) is 6.60. The lowest BCUT2D eigenvalue weighted by Crippen LogP contribution is -2.74. The van der Waals surface area contributed by atoms with Gasteiger partial charge >= 0.3 is 5.69 Å². The van der Waals surface area contributed by atoms with Crippen LogP contribution in [0.2, 0.25) is 0 Å². The van der Waals surface area contributed by atoms with E-state index in [-0.39, 0.29) is 5.69 Å². The number of para-hydroxylation sites is 4. The summed E-state index contributed by atoms with van der Waals surface area (Å²) < 4.78 is 3.16. The lowest BCUT2D eigenvalue weighted by Gasteiger charge is -2.05. The lowest BCUT2D eigenvalue weighted by atomic mass is 10.2. The van der Waals surface area contributed by atoms with E-state index in [1.165, 1.54) is 0 Å². The Bertz CT molecular complexity index is 890. The Morgan fingerprint density at radius 2 is 1.71 bits per heavy atom. The lowest BCUT2D eigenvalue weighted by molar-refractivity contribution is -0.825. The second kappa shape index (κ2) is 5.05. The first-order chi connectivity index (χ1) is 10.1. The van der Waals surface area contributed by atoms with Crippen LogP contribution in [-0.4, -0.2) is 14.3 Å². The summed E-state index contributed by atoms with van der Waals surface area (Å²) in [6.07, 6.45) is 0. The molecular formula is C16H16N3O2+. The van der Waals surface area contributed by atoms with Crippen molar-refractivity contribution in [2.24, 2.45) is 0 Å². The highest BCUT2D eigenvalue weighted by Gasteiger charge is 2.17. The molecular weight excluding hydrogens is 266 g/mol. The Kier molecular flexibility index (Phi) is 3.21. The minimum atomic E-state index is -0.196. The van der Waals surface area contributed by atoms with Gasteiger partial charge in [-0.2, -0.15) is 5.48 Å². The molecule has 0 aliphatic carbocycles. The minimum absolute atomic E-state index is 0.196. The van der Waals surface area contributed by atoms with Crippen molar-refractivity contribution in [2.45, 2.75) is 6.92 Å². The standard InChI is InChI=1S/C16H15N3O2/c1-11(2)18-14-9-5-6-10-15(14)19(16(18)20)13-8-4-3-7-12(13)17-21/h3-10,17,21H,1H2,2H3/p+1. The molecule has 0 aliphatic rings. The molecule has 1 heterocycles. The number of allylic oxidation sites excluding steroid dienone is 1. The molecule has 0 fully saturated rings. The van der Waals surface area contributed by atoms with Crippen LogP contribution in [0.3, 0.4) is 0 Å². The quantitative estimate of drug-likeness (QED) is 0.569. The zero-order chi connectivity index (χ0) is 15.0. The summed E-state index contributed by atoms with van der Waals surface area (Å²) >= 11 is 0. The number of hydrogen-bond acceptors (Lipinski definition) is 2. The van der Waals surface area contributed by atoms with Crippen LogP contribution in [-0.2, 0) is 0 Å². The second-order valence-electron chi connectivity index (χ2n) is 4.87. The third-order valence-electron chi connectivity index (χ3n) is 3.44. The van der Waals surface area contributed by atoms with E-state index in [9.17, 15) is 10.0 Å². The van der Waals surface area contributed by atoms with Crippen LogP contribution < -0.4 is 11.2 Å². The fourth-order valence-electron chi connectivity index (χ4n) is 2.55. The number of hydrogen-bond donors (Lipinski definition) is 2. The number of benzene rings is 2. The van der Waals surface area contributed by atoms with Crippen molar-refractivity contribution in [3.63, 3.8) is 0 Å². The van der Waals surface area contributed by atoms with Crippen molar-refractivity contribution in [3.8, 4) is 5.69 Å². The fourth-order valence-corrected chi connectivity index (χ4v) is 2.55. The summed E-state index contributed by atoms with van der Waals surface area (Å²) in [6, 6.07) is 14.7. The smallest absolute Gasteiger partial charge is 0.265 e. The average molecular weight is 282 g/mol. The predicted octanol–water partition coefficient (Wildman–Crippen LogP) is 1.87. The van der Waals surface area contributed by atoms with Gasteiger partial charge in [0.2, 0.25) is 0 Å². The number of aromatic nitrogens is 2. The predicted molar refractivity (Wildman–Crippen MR) is 81.9 cm³/mol. The van der Waals surface area contributed by atoms with E-state index in [1.54, 1.807) is 28.2 Å². The maximum Gasteiger partial charge on any atom is 0.338 e. The van der Waals surface area contributed by atoms with E-state index in [4.69, 9.17) is 0 Å². The largest absolute Gasteiger partial charge is 0.338 e. The maximum atomic E-state index is 12.8. The van der Waals surface area contributed by atoms with Crippen LogP contribution in [0.1, 0.15) is 6.92 Å². The molecule has 5 heteroatoms. The second-order valence-corrected chi connectivity index (χ2v) is 4.87. The summed E-state index contributed by atoms with van der Waals surface area (Å²) in [6.45, 7) is 5.67. The molecule has 0 amide bonds. The number of rotatable bonds is 3. The van der Waals surface area contributed by atoms with Gasteiger partial charge in [0.25, 0.3) is 0 Å². The van der Waals surface area contributed by atoms with Crippen LogP contribution in [0.15, 0.2) is 59.9 Å². The van der Waals surface area contributed by atoms with Crippen molar-refractivity contribution in [1.82, 2.24) is 9.13 Å². The third kappa shape index (κ3) is 1.99. The van der Waals surface area contributed by atoms with Gasteiger partial charge in [0.05, 0.1) is 11.0 Å². The molecule has 3 aromatic rings. The highest BCUT2D eigenvalue weighted by atomic mass is 16.5. The minimum Gasteiger partial charge on any atom is -0.265 e. The van der Waals surface area contributed by atoms with Crippen molar-refractivity contribution < 1.29 is 10.7 Å². The zero-order valence-corrected chi connectivity index (χ0v) is 11.7. The normalized spacial score (nSPS) is 11.0. The van der Waals surface area contributed by atoms with Crippen LogP contribution in [0, 0.1) is 0 Å². The highest BCUT2D eigenvalue weighted by Crippen LogP contribution is 2.22. The molecule has 3 rings (SSSR count). The molecule has 0 saturated carbocycles. The molecule has 2 aromatic carbocycles. The maximum absolute atomic E-state index is 12.8. The first-order valence-corrected chi connectivity index (χ1v) is 6.60. The molecule has 1 aromatic heterocycles. The van der Waals surface area contributed by atoms with Crippen LogP contribution in [0.25, 0.3) is 22.4 Å². The van der Waals surface area contributed by atoms with Gasteiger partial charge < -0.3 is 0 Å². The van der Waals surface area contributed by atoms with Gasteiger partial charge in [-0.3, -0.25) is 9.13 Å². The molecule has 0 saturated heterocycles. The number of imidazole rings is 1. The summed E-state index contributed by atoms with van der Waals surface area (Å²) in [4.78, 5) is 12.8. The van der Waals surface area contributed by atoms with E-state index in [1.807, 2.05) is 36.4 Å². The van der Waals surface area contributed by atoms with Gasteiger partial charge in [0.15, 0.2) is 5.69 Å². The Hall–Kier alpha value is -2.63. The van der Waals surface area contributed by atoms with Crippen LogP contribution in [0.5, 0.6) is 0 Å². The van der Waals surface area contributed by atoms with Gasteiger partial charge in [-0.1, -0.05) is 30.8 Å². The van der Waals surface area contributed by atoms with Crippen LogP contribution >= 0.6 is 0 Å². The molecule has 5 nitrogen and oxygen atoms in total. The van der Waals surface area contributed by atoms with Crippen molar-refractivity contribution in [2.75, 3.05) is 0 Å². The molecule has 0 bridgehead atoms. The molecule has 0 spiro atoms. The molecule has 0 radical (unpaired) electrons. The van der Waals surface area contributed by atoms with Gasteiger partial charge in [0, 0.05) is 11.8 Å². The number of nitrogens with two attached hydrogens (primary N) is 1. The Morgan fingerprint density at radius 3 is 2.38 bits per heavy atom. The van der Waals surface area contributed by atoms with Gasteiger partial charge in [-0.05, 0) is 25.1 Å². The van der Waals surface area contributed by atoms with E-state index in [0.717, 1.165) is 16.5 Å². The Morgan fingerprint density at radius 1 is 1.10 bits per heavy atom. The van der Waals surface area contributed by atoms with Gasteiger partial charge in [-0.25, -0.2) is 10.0 Å². The van der Waals surface area contributed by atoms with Crippen molar-refractivity contribution >= 4 is 22.4 Å². The van der Waals surface area contributed by atoms with Crippen molar-refractivity contribution in [1.29, 1.82) is 0 Å². The summed E-state index contributed by atoms with van der Waals surface area (Å²) in [5.74, 6) is 0. The molecule has 21 heavy (non-hydrogen) atoms. The zero-order valence-electron chi connectivity index (χ0n) is 11.7. The molecule has 106 valence electrons. The average Bonchev–Trinajstić information content (AvgIpc) is 2.79. The number of quaternary nitrogens is 1. The van der Waals surface area contributed by atoms with Gasteiger partial charge in [0.1, 0.15) is 5.69 Å². The molecule has 3 N–H and O–H groups in total. The molecule has 0 atom stereocenters. The third-order valence-corrected chi connectivity index (χ3v) is 3.44. The summed E-state index contributed by atoms with van der Waals surface area (Å²) in [5, 5.41) is 9.39. The van der Waals surface area contributed by atoms with E-state index in [0.29, 0.717) is 17.1 Å². The summed E-state index contributed by atoms with van der Waals surface area (Å²) in [7, 11) is 0. The fraction of sp³-hybridized carbons (Fsp3) is 0.0625. The van der Waals surface area contributed by atoms with Crippen molar-refractivity contribution in [3.05, 3.63) is 65.6 Å². The molecule has 0 aliphatic heterocycles. The Labute approximate surface area is 121 Å². The SMILES string of the molecule is C=C(C)n1c(=O)n(-c2ccccc2[NH2+]O)c2ccccc21. The number of nitrogens with zero attached hydrogens (tertiary/aromatic N) is 2. The van der Waals surface area contributed by atoms with E-state index < -0.39 is 0 Å². The van der Waals surface area contributed by atoms with E-state index in [2.05, 4.69) is 6.58 Å².